The van der Waals surface area contributed by atoms with Crippen molar-refractivity contribution in [3.05, 3.63) is 0 Å². The van der Waals surface area contributed by atoms with Crippen molar-refractivity contribution in [2.75, 3.05) is 0 Å². The van der Waals surface area contributed by atoms with Crippen LogP contribution in [-0.2, 0) is 44.8 Å². The van der Waals surface area contributed by atoms with Crippen LogP contribution in [0.2, 0.25) is 0 Å². The quantitative estimate of drug-likeness (QED) is 0.291. The van der Waals surface area contributed by atoms with Crippen molar-refractivity contribution in [3.8, 4) is 0 Å². The molecule has 0 N–H and O–H groups in total. The summed E-state index contributed by atoms with van der Waals surface area (Å²) >= 11 is 0. The van der Waals surface area contributed by atoms with Crippen molar-refractivity contribution in [2.45, 2.75) is 0 Å². The molecule has 0 heterocycles. The van der Waals surface area contributed by atoms with Crippen LogP contribution in [0.25, 0.3) is 0 Å². The monoisotopic (exact) mass is 530 g/mol. The van der Waals surface area contributed by atoms with Crippen molar-refractivity contribution in [1.29, 1.82) is 0 Å². The topological polar surface area (TPSA) is 63.2 Å². The van der Waals surface area contributed by atoms with E-state index in [0.29, 0.717) is 0 Å². The summed E-state index contributed by atoms with van der Waals surface area (Å²) in [7, 11) is 0. The summed E-state index contributed by atoms with van der Waals surface area (Å²) in [6.45, 7) is 0. The molecule has 0 saturated carbocycles. The summed E-state index contributed by atoms with van der Waals surface area (Å²) in [4.78, 5) is 8.33. The fourth-order valence-corrected chi connectivity index (χ4v) is 0. The van der Waals surface area contributed by atoms with Crippen molar-refractivity contribution in [3.63, 3.8) is 0 Å². The zero-order valence-corrected chi connectivity index (χ0v) is 10.8. The van der Waals surface area contributed by atoms with Crippen molar-refractivity contribution in [1.82, 2.24) is 0 Å². The first-order valence-electron chi connectivity index (χ1n) is 0.612. The third kappa shape index (κ3) is 87.4. The van der Waals surface area contributed by atoms with Gasteiger partial charge in [0.25, 0.3) is 0 Å². The first-order chi connectivity index (χ1) is 1.73. The molecule has 0 unspecified atom stereocenters. The van der Waals surface area contributed by atoms with Gasteiger partial charge in [0.2, 0.25) is 0 Å². The molecule has 0 aliphatic carbocycles. The van der Waals surface area contributed by atoms with Gasteiger partial charge in [-0.2, -0.15) is 0 Å². The Labute approximate surface area is 112 Å². The van der Waals surface area contributed by atoms with Gasteiger partial charge in [-0.25, -0.2) is 0 Å². The number of carboxylic acid groups (broad SMARTS) is 2. The molecule has 0 saturated heterocycles. The molecular formula is CH2Ag2I2O3. The van der Waals surface area contributed by atoms with E-state index in [4.69, 9.17) is 15.0 Å². The Morgan fingerprint density at radius 2 is 1.00 bits per heavy atom. The number of carbonyl (C=O) groups is 1. The van der Waals surface area contributed by atoms with E-state index in [1.54, 1.807) is 0 Å². The van der Waals surface area contributed by atoms with E-state index in [2.05, 4.69) is 0 Å². The van der Waals surface area contributed by atoms with E-state index in [9.17, 15) is 0 Å². The predicted molar refractivity (Wildman–Crippen MR) is 36.2 cm³/mol. The molecule has 0 spiro atoms. The molecule has 0 aromatic heterocycles. The second kappa shape index (κ2) is 22.9. The molecule has 60 valence electrons. The van der Waals surface area contributed by atoms with Gasteiger partial charge in [-0.15, -0.1) is 48.0 Å². The number of rotatable bonds is 0. The molecule has 0 aliphatic heterocycles. The number of hydrogen-bond donors (Lipinski definition) is 0. The number of halogens is 2. The van der Waals surface area contributed by atoms with E-state index in [0.717, 1.165) is 0 Å². The maximum absolute atomic E-state index is 8.33. The number of hydrogen-bond acceptors (Lipinski definition) is 3. The van der Waals surface area contributed by atoms with E-state index in [1.165, 1.54) is 0 Å². The Morgan fingerprint density at radius 3 is 1.00 bits per heavy atom. The molecule has 0 aromatic carbocycles. The largest absolute Gasteiger partial charge is 1.00 e. The van der Waals surface area contributed by atoms with Crippen molar-refractivity contribution < 1.29 is 59.8 Å². The van der Waals surface area contributed by atoms with Gasteiger partial charge >= 0.3 is 44.8 Å². The molecule has 8 heavy (non-hydrogen) atoms. The molecule has 0 atom stereocenters. The van der Waals surface area contributed by atoms with Gasteiger partial charge in [0.1, 0.15) is 0 Å². The van der Waals surface area contributed by atoms with Gasteiger partial charge in [0, 0.05) is 0 Å². The Bertz CT molecular complexity index is 38.3. The summed E-state index contributed by atoms with van der Waals surface area (Å²) in [5.41, 5.74) is 0. The molecule has 0 rings (SSSR count). The zero-order chi connectivity index (χ0) is 3.58. The minimum atomic E-state index is -2.33. The van der Waals surface area contributed by atoms with Gasteiger partial charge in [0.15, 0.2) is 0 Å². The Balaban J connectivity index is -0.00000000750. The number of carbonyl (C=O) groups excluding carboxylic acids is 1. The van der Waals surface area contributed by atoms with Crippen LogP contribution in [0.4, 0.5) is 4.79 Å². The summed E-state index contributed by atoms with van der Waals surface area (Å²) < 4.78 is 0. The average Bonchev–Trinajstić information content (AvgIpc) is 0.811. The van der Waals surface area contributed by atoms with Gasteiger partial charge in [-0.3, -0.25) is 0 Å². The van der Waals surface area contributed by atoms with Gasteiger partial charge in [-0.05, 0) is 6.16 Å². The molecule has 0 amide bonds. The smallest absolute Gasteiger partial charge is 0.652 e. The van der Waals surface area contributed by atoms with E-state index in [1.807, 2.05) is 0 Å². The van der Waals surface area contributed by atoms with E-state index in [-0.39, 0.29) is 92.7 Å². The molecule has 0 aromatic rings. The predicted octanol–water partition coefficient (Wildman–Crippen LogP) is -1.22. The average molecular weight is 532 g/mol. The maximum atomic E-state index is 8.33. The van der Waals surface area contributed by atoms with Crippen LogP contribution in [0.3, 0.4) is 0 Å². The summed E-state index contributed by atoms with van der Waals surface area (Å²) in [5.74, 6) is 0. The molecular weight excluding hydrogens is 530 g/mol. The Morgan fingerprint density at radius 1 is 1.00 bits per heavy atom. The fraction of sp³-hybridized carbons (Fsp3) is 0. The second-order valence-corrected chi connectivity index (χ2v) is 0.250. The van der Waals surface area contributed by atoms with Crippen LogP contribution >= 0.6 is 48.0 Å². The molecule has 0 bridgehead atoms. The molecule has 7 heteroatoms. The van der Waals surface area contributed by atoms with Gasteiger partial charge in [-0.1, -0.05) is 0 Å². The van der Waals surface area contributed by atoms with Crippen LogP contribution in [0.15, 0.2) is 0 Å². The minimum absolute atomic E-state index is 0. The third-order valence-corrected chi connectivity index (χ3v) is 0. The standard InChI is InChI=1S/CH2O3.2Ag.2HI/c2-1(3)4;;;;/h(H2,2,3,4);;;2*1H/q;2*+1;;/p-2. The normalized spacial score (nSPS) is 3.00. The van der Waals surface area contributed by atoms with Gasteiger partial charge in [0.05, 0.1) is 0 Å². The molecule has 3 nitrogen and oxygen atoms in total. The van der Waals surface area contributed by atoms with Crippen LogP contribution in [0.5, 0.6) is 0 Å². The SMILES string of the molecule is I.I.O=C([O-])[O-].[Ag+].[Ag+]. The summed E-state index contributed by atoms with van der Waals surface area (Å²) in [5, 5.41) is 16.7. The first-order valence-corrected chi connectivity index (χ1v) is 0.612. The maximum Gasteiger partial charge on any atom is 1.00 e. The van der Waals surface area contributed by atoms with Crippen molar-refractivity contribution in [2.24, 2.45) is 0 Å². The molecule has 0 fully saturated rings. The minimum Gasteiger partial charge on any atom is -0.652 e. The summed E-state index contributed by atoms with van der Waals surface area (Å²) in [6.07, 6.45) is -2.33. The molecule has 0 radical (unpaired) electrons. The Hall–Kier alpha value is 2.21. The van der Waals surface area contributed by atoms with Crippen LogP contribution in [0, 0.1) is 0 Å². The van der Waals surface area contributed by atoms with Crippen LogP contribution in [0.1, 0.15) is 0 Å². The van der Waals surface area contributed by atoms with E-state index < -0.39 is 6.16 Å². The van der Waals surface area contributed by atoms with Crippen molar-refractivity contribution >= 4 is 54.1 Å². The fourth-order valence-electron chi connectivity index (χ4n) is 0. The summed E-state index contributed by atoms with van der Waals surface area (Å²) in [6, 6.07) is 0. The first kappa shape index (κ1) is 31.9. The second-order valence-electron chi connectivity index (χ2n) is 0.250. The van der Waals surface area contributed by atoms with Crippen LogP contribution in [-0.4, -0.2) is 6.16 Å². The molecule has 0 aliphatic rings. The van der Waals surface area contributed by atoms with Crippen LogP contribution < -0.4 is 10.2 Å². The van der Waals surface area contributed by atoms with E-state index >= 15 is 0 Å². The van der Waals surface area contributed by atoms with Gasteiger partial charge < -0.3 is 15.0 Å². The third-order valence-electron chi connectivity index (χ3n) is 0. The zero-order valence-electron chi connectivity index (χ0n) is 3.14. The Kier molecular flexibility index (Phi) is 91.2.